The van der Waals surface area contributed by atoms with Crippen LogP contribution in [0, 0.1) is 20.8 Å². The maximum absolute atomic E-state index is 11.4. The van der Waals surface area contributed by atoms with Crippen LogP contribution < -0.4 is 9.64 Å². The highest BCUT2D eigenvalue weighted by atomic mass is 16.5. The van der Waals surface area contributed by atoms with Gasteiger partial charge in [-0.1, -0.05) is 49.9 Å². The third kappa shape index (κ3) is 6.51. The largest absolute Gasteiger partial charge is 0.463 e. The third-order valence-corrected chi connectivity index (χ3v) is 6.82. The van der Waals surface area contributed by atoms with Crippen molar-refractivity contribution < 1.29 is 14.3 Å². The molecule has 0 aliphatic heterocycles. The normalized spacial score (nSPS) is 11.5. The number of rotatable bonds is 10. The number of anilines is 3. The summed E-state index contributed by atoms with van der Waals surface area (Å²) in [7, 11) is 0. The van der Waals surface area contributed by atoms with Gasteiger partial charge in [0.1, 0.15) is 11.5 Å². The Hall–Kier alpha value is -4.31. The molecule has 0 unspecified atom stereocenters. The van der Waals surface area contributed by atoms with Crippen molar-refractivity contribution in [2.24, 2.45) is 0 Å². The number of carbonyl (C=O) groups excluding carboxylic acids is 1. The van der Waals surface area contributed by atoms with Gasteiger partial charge in [-0.05, 0) is 110 Å². The van der Waals surface area contributed by atoms with E-state index < -0.39 is 0 Å². The average Bonchev–Trinajstić information content (AvgIpc) is 2.93. The number of para-hydroxylation sites is 1. The lowest BCUT2D eigenvalue weighted by Crippen LogP contribution is -2.12. The monoisotopic (exact) mass is 505 g/mol. The van der Waals surface area contributed by atoms with Crippen LogP contribution in [0.3, 0.4) is 0 Å². The SMILES string of the molecule is C=CC(=O)OCC[C@@H](C)c1ccc(N(c2ccc(Oc3ccccc3)cc2)c2ccc(C)c(C)c2)c(C)c1. The molecule has 0 saturated heterocycles. The second kappa shape index (κ2) is 12.3. The van der Waals surface area contributed by atoms with E-state index in [1.54, 1.807) is 0 Å². The van der Waals surface area contributed by atoms with Crippen LogP contribution in [-0.2, 0) is 9.53 Å². The molecular weight excluding hydrogens is 470 g/mol. The topological polar surface area (TPSA) is 38.8 Å². The van der Waals surface area contributed by atoms with Crippen LogP contribution in [0.4, 0.5) is 17.1 Å². The molecule has 0 bridgehead atoms. The first-order valence-corrected chi connectivity index (χ1v) is 13.0. The number of ether oxygens (including phenoxy) is 2. The zero-order valence-electron chi connectivity index (χ0n) is 22.6. The van der Waals surface area contributed by atoms with Gasteiger partial charge in [-0.15, -0.1) is 0 Å². The quantitative estimate of drug-likeness (QED) is 0.159. The highest BCUT2D eigenvalue weighted by Crippen LogP contribution is 2.39. The Kier molecular flexibility index (Phi) is 8.65. The Labute approximate surface area is 226 Å². The van der Waals surface area contributed by atoms with Gasteiger partial charge in [0.25, 0.3) is 0 Å². The molecule has 4 nitrogen and oxygen atoms in total. The minimum absolute atomic E-state index is 0.254. The van der Waals surface area contributed by atoms with E-state index >= 15 is 0 Å². The molecule has 0 heterocycles. The molecule has 194 valence electrons. The van der Waals surface area contributed by atoms with Crippen LogP contribution in [0.25, 0.3) is 0 Å². The molecule has 0 N–H and O–H groups in total. The molecule has 1 atom stereocenters. The Morgan fingerprint density at radius 1 is 0.816 bits per heavy atom. The van der Waals surface area contributed by atoms with Gasteiger partial charge in [0.15, 0.2) is 0 Å². The summed E-state index contributed by atoms with van der Waals surface area (Å²) in [6, 6.07) is 31.2. The number of carbonyl (C=O) groups is 1. The van der Waals surface area contributed by atoms with Crippen LogP contribution in [0.5, 0.6) is 11.5 Å². The molecule has 4 heteroatoms. The van der Waals surface area contributed by atoms with Gasteiger partial charge in [-0.25, -0.2) is 4.79 Å². The Morgan fingerprint density at radius 3 is 2.16 bits per heavy atom. The van der Waals surface area contributed by atoms with Crippen LogP contribution in [0.15, 0.2) is 104 Å². The first kappa shape index (κ1) is 26.7. The highest BCUT2D eigenvalue weighted by Gasteiger charge is 2.17. The summed E-state index contributed by atoms with van der Waals surface area (Å²) >= 11 is 0. The summed E-state index contributed by atoms with van der Waals surface area (Å²) in [4.78, 5) is 13.7. The fraction of sp³-hybridized carbons (Fsp3) is 0.206. The number of esters is 1. The zero-order chi connectivity index (χ0) is 27.1. The van der Waals surface area contributed by atoms with Gasteiger partial charge < -0.3 is 14.4 Å². The molecular formula is C34H35NO3. The van der Waals surface area contributed by atoms with E-state index in [-0.39, 0.29) is 11.9 Å². The van der Waals surface area contributed by atoms with Gasteiger partial charge in [0.05, 0.1) is 6.61 Å². The minimum atomic E-state index is -0.382. The van der Waals surface area contributed by atoms with E-state index in [1.165, 1.54) is 28.3 Å². The summed E-state index contributed by atoms with van der Waals surface area (Å²) in [5.41, 5.74) is 8.15. The Bertz CT molecular complexity index is 1390. The number of aryl methyl sites for hydroxylation is 3. The molecule has 4 rings (SSSR count). The van der Waals surface area contributed by atoms with Crippen LogP contribution in [0.1, 0.15) is 41.5 Å². The predicted octanol–water partition coefficient (Wildman–Crippen LogP) is 9.10. The molecule has 0 radical (unpaired) electrons. The standard InChI is InChI=1S/C34H35NO3/c1-6-34(36)37-21-20-25(3)28-13-19-33(27(5)22-28)35(30-14-12-24(2)26(4)23-30)29-15-17-32(18-16-29)38-31-10-8-7-9-11-31/h6-19,22-23,25H,1,20-21H2,2-5H3/t25-/m1/s1. The molecule has 4 aromatic carbocycles. The van der Waals surface area contributed by atoms with E-state index in [2.05, 4.69) is 87.7 Å². The van der Waals surface area contributed by atoms with Crippen molar-refractivity contribution in [3.05, 3.63) is 126 Å². The van der Waals surface area contributed by atoms with Crippen molar-refractivity contribution in [2.45, 2.75) is 40.0 Å². The van der Waals surface area contributed by atoms with Crippen LogP contribution >= 0.6 is 0 Å². The lowest BCUT2D eigenvalue weighted by molar-refractivity contribution is -0.137. The molecule has 4 aromatic rings. The first-order chi connectivity index (χ1) is 18.4. The van der Waals surface area contributed by atoms with E-state index in [0.717, 1.165) is 35.0 Å². The van der Waals surface area contributed by atoms with E-state index in [1.807, 2.05) is 42.5 Å². The van der Waals surface area contributed by atoms with Gasteiger partial charge >= 0.3 is 5.97 Å². The number of hydrogen-bond donors (Lipinski definition) is 0. The Morgan fingerprint density at radius 2 is 1.50 bits per heavy atom. The Balaban J connectivity index is 1.64. The van der Waals surface area contributed by atoms with Gasteiger partial charge in [-0.2, -0.15) is 0 Å². The van der Waals surface area contributed by atoms with E-state index in [9.17, 15) is 4.79 Å². The molecule has 0 aliphatic rings. The molecule has 0 aromatic heterocycles. The zero-order valence-corrected chi connectivity index (χ0v) is 22.6. The molecule has 0 fully saturated rings. The first-order valence-electron chi connectivity index (χ1n) is 13.0. The molecule has 0 saturated carbocycles. The van der Waals surface area contributed by atoms with Crippen molar-refractivity contribution in [3.63, 3.8) is 0 Å². The van der Waals surface area contributed by atoms with Crippen molar-refractivity contribution in [1.82, 2.24) is 0 Å². The number of hydrogen-bond acceptors (Lipinski definition) is 4. The summed E-state index contributed by atoms with van der Waals surface area (Å²) in [5.74, 6) is 1.47. The summed E-state index contributed by atoms with van der Waals surface area (Å²) in [6.45, 7) is 12.4. The molecule has 0 aliphatic carbocycles. The van der Waals surface area contributed by atoms with Gasteiger partial charge in [0.2, 0.25) is 0 Å². The maximum atomic E-state index is 11.4. The van der Waals surface area contributed by atoms with Crippen LogP contribution in [-0.4, -0.2) is 12.6 Å². The summed E-state index contributed by atoms with van der Waals surface area (Å²) in [5, 5.41) is 0. The second-order valence-corrected chi connectivity index (χ2v) is 9.62. The molecule has 38 heavy (non-hydrogen) atoms. The number of benzene rings is 4. The van der Waals surface area contributed by atoms with E-state index in [0.29, 0.717) is 6.61 Å². The lowest BCUT2D eigenvalue weighted by atomic mass is 9.95. The smallest absolute Gasteiger partial charge is 0.330 e. The number of nitrogens with zero attached hydrogens (tertiary/aromatic N) is 1. The van der Waals surface area contributed by atoms with Crippen LogP contribution in [0.2, 0.25) is 0 Å². The molecule has 0 spiro atoms. The third-order valence-electron chi connectivity index (χ3n) is 6.82. The average molecular weight is 506 g/mol. The summed E-state index contributed by atoms with van der Waals surface area (Å²) in [6.07, 6.45) is 1.95. The fourth-order valence-corrected chi connectivity index (χ4v) is 4.38. The fourth-order valence-electron chi connectivity index (χ4n) is 4.38. The van der Waals surface area contributed by atoms with Crippen molar-refractivity contribution in [1.29, 1.82) is 0 Å². The van der Waals surface area contributed by atoms with Crippen molar-refractivity contribution in [2.75, 3.05) is 11.5 Å². The van der Waals surface area contributed by atoms with Gasteiger partial charge in [0, 0.05) is 23.1 Å². The lowest BCUT2D eigenvalue weighted by Gasteiger charge is -2.28. The van der Waals surface area contributed by atoms with Crippen molar-refractivity contribution >= 4 is 23.0 Å². The summed E-state index contributed by atoms with van der Waals surface area (Å²) < 4.78 is 11.2. The maximum Gasteiger partial charge on any atom is 0.330 e. The van der Waals surface area contributed by atoms with Gasteiger partial charge in [-0.3, -0.25) is 0 Å². The second-order valence-electron chi connectivity index (χ2n) is 9.62. The highest BCUT2D eigenvalue weighted by molar-refractivity contribution is 5.81. The molecule has 0 amide bonds. The minimum Gasteiger partial charge on any atom is -0.463 e. The van der Waals surface area contributed by atoms with E-state index in [4.69, 9.17) is 9.47 Å². The van der Waals surface area contributed by atoms with Crippen molar-refractivity contribution in [3.8, 4) is 11.5 Å². The predicted molar refractivity (Wildman–Crippen MR) is 156 cm³/mol.